The lowest BCUT2D eigenvalue weighted by atomic mass is 10.1. The van der Waals surface area contributed by atoms with Gasteiger partial charge in [-0.05, 0) is 54.6 Å². The maximum atomic E-state index is 12.6. The fourth-order valence-corrected chi connectivity index (χ4v) is 3.21. The number of nitrogens with zero attached hydrogens (tertiary/aromatic N) is 3. The van der Waals surface area contributed by atoms with E-state index in [0.29, 0.717) is 40.0 Å². The molecule has 1 aliphatic rings. The SMILES string of the molecule is Cn1ccc(C(=O)Nc2ccc(NC(=O)c3cc(-c4ccc5c(c4)OCO5)n[nH]3)cc2)n1. The number of rotatable bonds is 5. The van der Waals surface area contributed by atoms with Gasteiger partial charge < -0.3 is 20.1 Å². The number of carbonyl (C=O) groups excluding carboxylic acids is 2. The highest BCUT2D eigenvalue weighted by Gasteiger charge is 2.17. The van der Waals surface area contributed by atoms with Gasteiger partial charge in [-0.1, -0.05) is 0 Å². The minimum absolute atomic E-state index is 0.193. The highest BCUT2D eigenvalue weighted by molar-refractivity contribution is 6.04. The van der Waals surface area contributed by atoms with Crippen LogP contribution < -0.4 is 20.1 Å². The molecule has 3 N–H and O–H groups in total. The van der Waals surface area contributed by atoms with Crippen LogP contribution in [0.1, 0.15) is 21.0 Å². The Bertz CT molecular complexity index is 1310. The Morgan fingerprint density at radius 2 is 1.66 bits per heavy atom. The summed E-state index contributed by atoms with van der Waals surface area (Å²) in [6, 6.07) is 15.5. The molecule has 0 saturated heterocycles. The van der Waals surface area contributed by atoms with Gasteiger partial charge in [0.1, 0.15) is 5.69 Å². The van der Waals surface area contributed by atoms with Gasteiger partial charge in [0, 0.05) is 30.2 Å². The molecule has 4 aromatic rings. The summed E-state index contributed by atoms with van der Waals surface area (Å²) in [7, 11) is 1.74. The van der Waals surface area contributed by atoms with Gasteiger partial charge in [0.25, 0.3) is 11.8 Å². The molecule has 2 amide bonds. The molecule has 0 saturated carbocycles. The molecule has 0 radical (unpaired) electrons. The molecule has 5 rings (SSSR count). The summed E-state index contributed by atoms with van der Waals surface area (Å²) in [5, 5.41) is 16.6. The van der Waals surface area contributed by atoms with Crippen LogP contribution in [0.2, 0.25) is 0 Å². The third kappa shape index (κ3) is 3.88. The maximum Gasteiger partial charge on any atom is 0.276 e. The quantitative estimate of drug-likeness (QED) is 0.447. The highest BCUT2D eigenvalue weighted by atomic mass is 16.7. The zero-order chi connectivity index (χ0) is 22.1. The summed E-state index contributed by atoms with van der Waals surface area (Å²) in [6.07, 6.45) is 1.70. The van der Waals surface area contributed by atoms with Crippen LogP contribution >= 0.6 is 0 Å². The first-order valence-electron chi connectivity index (χ1n) is 9.73. The Kier molecular flexibility index (Phi) is 4.79. The number of anilines is 2. The normalized spacial score (nSPS) is 11.9. The van der Waals surface area contributed by atoms with Crippen molar-refractivity contribution in [1.82, 2.24) is 20.0 Å². The molecular weight excluding hydrogens is 412 g/mol. The summed E-state index contributed by atoms with van der Waals surface area (Å²) in [4.78, 5) is 24.8. The number of aromatic amines is 1. The average Bonchev–Trinajstić information content (AvgIpc) is 3.55. The van der Waals surface area contributed by atoms with E-state index in [9.17, 15) is 9.59 Å². The van der Waals surface area contributed by atoms with Gasteiger partial charge in [0.15, 0.2) is 17.2 Å². The molecule has 10 nitrogen and oxygen atoms in total. The number of aryl methyl sites for hydroxylation is 1. The van der Waals surface area contributed by atoms with Gasteiger partial charge in [-0.15, -0.1) is 0 Å². The molecule has 0 unspecified atom stereocenters. The molecule has 2 aromatic heterocycles. The molecule has 2 aromatic carbocycles. The van der Waals surface area contributed by atoms with Crippen LogP contribution in [0.3, 0.4) is 0 Å². The predicted octanol–water partition coefficient (Wildman–Crippen LogP) is 3.04. The largest absolute Gasteiger partial charge is 0.454 e. The number of hydrogen-bond acceptors (Lipinski definition) is 6. The Morgan fingerprint density at radius 3 is 2.38 bits per heavy atom. The van der Waals surface area contributed by atoms with Crippen LogP contribution in [-0.2, 0) is 7.05 Å². The highest BCUT2D eigenvalue weighted by Crippen LogP contribution is 2.35. The van der Waals surface area contributed by atoms with E-state index in [0.717, 1.165) is 5.56 Å². The first-order chi connectivity index (χ1) is 15.5. The van der Waals surface area contributed by atoms with E-state index >= 15 is 0 Å². The Morgan fingerprint density at radius 1 is 0.938 bits per heavy atom. The van der Waals surface area contributed by atoms with Crippen molar-refractivity contribution in [3.63, 3.8) is 0 Å². The minimum Gasteiger partial charge on any atom is -0.454 e. The molecule has 3 heterocycles. The van der Waals surface area contributed by atoms with Crippen molar-refractivity contribution < 1.29 is 19.1 Å². The van der Waals surface area contributed by atoms with Gasteiger partial charge in [0.05, 0.1) is 5.69 Å². The van der Waals surface area contributed by atoms with Crippen molar-refractivity contribution in [2.24, 2.45) is 7.05 Å². The van der Waals surface area contributed by atoms with Crippen molar-refractivity contribution in [1.29, 1.82) is 0 Å². The van der Waals surface area contributed by atoms with Gasteiger partial charge in [-0.25, -0.2) is 0 Å². The molecular formula is C22H18N6O4. The third-order valence-electron chi connectivity index (χ3n) is 4.84. The summed E-state index contributed by atoms with van der Waals surface area (Å²) in [6.45, 7) is 0.193. The average molecular weight is 430 g/mol. The Hall–Kier alpha value is -4.60. The van der Waals surface area contributed by atoms with Crippen LogP contribution in [-0.4, -0.2) is 38.6 Å². The van der Waals surface area contributed by atoms with E-state index in [4.69, 9.17) is 9.47 Å². The molecule has 10 heteroatoms. The fourth-order valence-electron chi connectivity index (χ4n) is 3.21. The van der Waals surface area contributed by atoms with E-state index in [-0.39, 0.29) is 18.6 Å². The number of H-pyrrole nitrogens is 1. The number of aromatic nitrogens is 4. The molecule has 0 atom stereocenters. The van der Waals surface area contributed by atoms with Crippen molar-refractivity contribution in [2.45, 2.75) is 0 Å². The molecule has 1 aliphatic heterocycles. The lowest BCUT2D eigenvalue weighted by Crippen LogP contribution is -2.14. The monoisotopic (exact) mass is 430 g/mol. The van der Waals surface area contributed by atoms with Gasteiger partial charge in [-0.2, -0.15) is 10.2 Å². The second kappa shape index (κ2) is 7.91. The number of ether oxygens (including phenoxy) is 2. The molecule has 0 spiro atoms. The lowest BCUT2D eigenvalue weighted by Gasteiger charge is -2.06. The zero-order valence-corrected chi connectivity index (χ0v) is 17.0. The number of carbonyl (C=O) groups is 2. The predicted molar refractivity (Wildman–Crippen MR) is 116 cm³/mol. The molecule has 0 aliphatic carbocycles. The van der Waals surface area contributed by atoms with Crippen LogP contribution in [0.4, 0.5) is 11.4 Å². The third-order valence-corrected chi connectivity index (χ3v) is 4.84. The standard InChI is InChI=1S/C22H18N6O4/c1-28-9-8-16(27-28)21(29)23-14-3-5-15(6-4-14)24-22(30)18-11-17(25-26-18)13-2-7-19-20(10-13)32-12-31-19/h2-11H,12H2,1H3,(H,23,29)(H,24,30)(H,25,26). The minimum atomic E-state index is -0.338. The summed E-state index contributed by atoms with van der Waals surface area (Å²) in [5.74, 6) is 0.680. The second-order valence-corrected chi connectivity index (χ2v) is 7.10. The van der Waals surface area contributed by atoms with E-state index < -0.39 is 0 Å². The van der Waals surface area contributed by atoms with Crippen molar-refractivity contribution >= 4 is 23.2 Å². The van der Waals surface area contributed by atoms with Crippen molar-refractivity contribution in [2.75, 3.05) is 17.4 Å². The van der Waals surface area contributed by atoms with Crippen LogP contribution in [0, 0.1) is 0 Å². The van der Waals surface area contributed by atoms with E-state index in [1.54, 1.807) is 60.4 Å². The Balaban J connectivity index is 1.23. The molecule has 160 valence electrons. The van der Waals surface area contributed by atoms with E-state index in [1.807, 2.05) is 12.1 Å². The van der Waals surface area contributed by atoms with Crippen LogP contribution in [0.5, 0.6) is 11.5 Å². The van der Waals surface area contributed by atoms with Gasteiger partial charge in [-0.3, -0.25) is 19.4 Å². The molecule has 32 heavy (non-hydrogen) atoms. The summed E-state index contributed by atoms with van der Waals surface area (Å²) < 4.78 is 12.3. The van der Waals surface area contributed by atoms with Crippen molar-refractivity contribution in [3.05, 3.63) is 72.2 Å². The number of fused-ring (bicyclic) bond motifs is 1. The van der Waals surface area contributed by atoms with Gasteiger partial charge in [0.2, 0.25) is 6.79 Å². The fraction of sp³-hybridized carbons (Fsp3) is 0.0909. The topological polar surface area (TPSA) is 123 Å². The summed E-state index contributed by atoms with van der Waals surface area (Å²) >= 11 is 0. The van der Waals surface area contributed by atoms with Crippen LogP contribution in [0.25, 0.3) is 11.3 Å². The second-order valence-electron chi connectivity index (χ2n) is 7.10. The molecule has 0 fully saturated rings. The van der Waals surface area contributed by atoms with E-state index in [2.05, 4.69) is 25.9 Å². The number of hydrogen-bond donors (Lipinski definition) is 3. The Labute approximate surface area is 182 Å². The maximum absolute atomic E-state index is 12.6. The first kappa shape index (κ1) is 19.4. The van der Waals surface area contributed by atoms with Crippen molar-refractivity contribution in [3.8, 4) is 22.8 Å². The van der Waals surface area contributed by atoms with E-state index in [1.165, 1.54) is 0 Å². The summed E-state index contributed by atoms with van der Waals surface area (Å²) in [5.41, 5.74) is 3.21. The number of benzene rings is 2. The number of amides is 2. The lowest BCUT2D eigenvalue weighted by molar-refractivity contribution is 0.101. The smallest absolute Gasteiger partial charge is 0.276 e. The van der Waals surface area contributed by atoms with Gasteiger partial charge >= 0.3 is 0 Å². The zero-order valence-electron chi connectivity index (χ0n) is 17.0. The van der Waals surface area contributed by atoms with Crippen LogP contribution in [0.15, 0.2) is 60.8 Å². The first-order valence-corrected chi connectivity index (χ1v) is 9.73. The molecule has 0 bridgehead atoms. The number of nitrogens with one attached hydrogen (secondary N) is 3.